The first-order valence-corrected chi connectivity index (χ1v) is 44.4. The van der Waals surface area contributed by atoms with Crippen molar-refractivity contribution in [3.63, 3.8) is 0 Å². The lowest BCUT2D eigenvalue weighted by Gasteiger charge is -2.34. The lowest BCUT2D eigenvalue weighted by atomic mass is 9.81. The monoisotopic (exact) mass is 1580 g/mol. The number of nitrogens with zero attached hydrogens (tertiary/aromatic N) is 4. The summed E-state index contributed by atoms with van der Waals surface area (Å²) in [7, 11) is 0. The molecule has 4 nitrogen and oxygen atoms in total. The largest absolute Gasteiger partial charge is 0.310 e. The molecule has 0 heterocycles. The van der Waals surface area contributed by atoms with E-state index in [-0.39, 0.29) is 10.8 Å². The molecule has 0 atom stereocenters. The van der Waals surface area contributed by atoms with Crippen LogP contribution in [-0.4, -0.2) is 0 Å². The topological polar surface area (TPSA) is 13.0 Å². The van der Waals surface area contributed by atoms with E-state index in [1.165, 1.54) is 219 Å². The predicted octanol–water partition coefficient (Wildman–Crippen LogP) is 34.8. The van der Waals surface area contributed by atoms with Crippen LogP contribution in [0.5, 0.6) is 0 Å². The summed E-state index contributed by atoms with van der Waals surface area (Å²) >= 11 is 0. The van der Waals surface area contributed by atoms with E-state index in [2.05, 4.69) is 451 Å². The molecule has 600 valence electrons. The van der Waals surface area contributed by atoms with E-state index in [9.17, 15) is 0 Å². The SMILES string of the molecule is Cc1ccc(N(c2ccc(C(C)(C)C)cc2)c2c3ccc(C4CCCCC4)cc3c(N(c3ccc(C)cc3)c3ccc(C(C)(C)C)cc3)c3ccc(C4CCCCC4)cc23)cc1.c1ccc(N(c2ccccc2)c2ccc3c(-c4ccc5ccccc5c4)c4cc(N(c5ccccc5)c5ccccc5)ccc4c(-c4ccc5ccccc5c4)c3c2)cc1. The fourth-order valence-corrected chi connectivity index (χ4v) is 19.5. The number of para-hydroxylation sites is 4. The number of aryl methyl sites for hydroxylation is 2. The van der Waals surface area contributed by atoms with Crippen LogP contribution in [0.4, 0.5) is 68.2 Å². The van der Waals surface area contributed by atoms with Crippen LogP contribution in [0.2, 0.25) is 0 Å². The van der Waals surface area contributed by atoms with E-state index in [1.807, 2.05) is 0 Å². The molecule has 0 unspecified atom stereocenters. The van der Waals surface area contributed by atoms with Gasteiger partial charge in [-0.15, -0.1) is 0 Å². The highest BCUT2D eigenvalue weighted by molar-refractivity contribution is 6.25. The molecule has 20 rings (SSSR count). The molecule has 0 spiro atoms. The third kappa shape index (κ3) is 15.8. The minimum atomic E-state index is 0.0587. The molecule has 18 aromatic rings. The van der Waals surface area contributed by atoms with Gasteiger partial charge in [-0.3, -0.25) is 0 Å². The van der Waals surface area contributed by atoms with E-state index in [0.29, 0.717) is 11.8 Å². The van der Waals surface area contributed by atoms with Crippen molar-refractivity contribution in [1.29, 1.82) is 0 Å². The van der Waals surface area contributed by atoms with Crippen molar-refractivity contribution in [1.82, 2.24) is 0 Å². The lowest BCUT2D eigenvalue weighted by Crippen LogP contribution is -2.16. The van der Waals surface area contributed by atoms with Crippen LogP contribution in [0.3, 0.4) is 0 Å². The van der Waals surface area contributed by atoms with Crippen molar-refractivity contribution >= 4 is 133 Å². The van der Waals surface area contributed by atoms with Crippen molar-refractivity contribution in [3.05, 3.63) is 409 Å². The van der Waals surface area contributed by atoms with Gasteiger partial charge in [-0.2, -0.15) is 0 Å². The Bertz CT molecular complexity index is 6280. The Hall–Kier alpha value is -13.3. The van der Waals surface area contributed by atoms with Crippen LogP contribution < -0.4 is 19.6 Å². The van der Waals surface area contributed by atoms with Crippen molar-refractivity contribution in [2.24, 2.45) is 0 Å². The van der Waals surface area contributed by atoms with Gasteiger partial charge in [-0.25, -0.2) is 0 Å². The normalized spacial score (nSPS) is 13.5. The summed E-state index contributed by atoms with van der Waals surface area (Å²) in [6, 6.07) is 141. The molecule has 0 aliphatic heterocycles. The van der Waals surface area contributed by atoms with E-state index < -0.39 is 0 Å². The first kappa shape index (κ1) is 78.6. The summed E-state index contributed by atoms with van der Waals surface area (Å²) in [5.41, 5.74) is 27.0. The Morgan fingerprint density at radius 1 is 0.213 bits per heavy atom. The molecule has 0 bridgehead atoms. The molecule has 0 saturated heterocycles. The molecule has 0 aromatic heterocycles. The van der Waals surface area contributed by atoms with E-state index >= 15 is 0 Å². The van der Waals surface area contributed by atoms with Gasteiger partial charge in [0.25, 0.3) is 0 Å². The second-order valence-electron chi connectivity index (χ2n) is 36.3. The average Bonchev–Trinajstić information content (AvgIpc) is 0.719. The zero-order valence-corrected chi connectivity index (χ0v) is 71.8. The van der Waals surface area contributed by atoms with Crippen molar-refractivity contribution in [3.8, 4) is 22.3 Å². The molecular formula is C118H108N4. The number of hydrogen-bond acceptors (Lipinski definition) is 4. The quantitative estimate of drug-likeness (QED) is 0.0706. The Morgan fingerprint density at radius 2 is 0.500 bits per heavy atom. The zero-order valence-electron chi connectivity index (χ0n) is 71.8. The summed E-state index contributed by atoms with van der Waals surface area (Å²) in [6.45, 7) is 18.3. The molecule has 0 amide bonds. The van der Waals surface area contributed by atoms with Gasteiger partial charge in [-0.05, 0) is 295 Å². The highest BCUT2D eigenvalue weighted by Crippen LogP contribution is 2.55. The van der Waals surface area contributed by atoms with Gasteiger partial charge in [0.2, 0.25) is 0 Å². The molecular weight excluding hydrogens is 1470 g/mol. The third-order valence-corrected chi connectivity index (χ3v) is 26.0. The van der Waals surface area contributed by atoms with E-state index in [0.717, 1.165) is 34.1 Å². The van der Waals surface area contributed by atoms with Crippen molar-refractivity contribution in [2.45, 2.75) is 142 Å². The van der Waals surface area contributed by atoms with Crippen molar-refractivity contribution < 1.29 is 0 Å². The Morgan fingerprint density at radius 3 is 0.828 bits per heavy atom. The Labute approximate surface area is 721 Å². The lowest BCUT2D eigenvalue weighted by molar-refractivity contribution is 0.444. The molecule has 18 aromatic carbocycles. The third-order valence-electron chi connectivity index (χ3n) is 26.0. The predicted molar refractivity (Wildman–Crippen MR) is 526 cm³/mol. The maximum absolute atomic E-state index is 2.61. The molecule has 0 radical (unpaired) electrons. The number of fused-ring (bicyclic) bond motifs is 6. The minimum absolute atomic E-state index is 0.0587. The smallest absolute Gasteiger partial charge is 0.0620 e. The van der Waals surface area contributed by atoms with Crippen LogP contribution in [0.1, 0.15) is 151 Å². The first-order chi connectivity index (χ1) is 59.6. The second-order valence-corrected chi connectivity index (χ2v) is 36.3. The maximum Gasteiger partial charge on any atom is 0.0620 e. The van der Waals surface area contributed by atoms with Crippen LogP contribution >= 0.6 is 0 Å². The van der Waals surface area contributed by atoms with Gasteiger partial charge in [0.1, 0.15) is 0 Å². The van der Waals surface area contributed by atoms with E-state index in [4.69, 9.17) is 0 Å². The minimum Gasteiger partial charge on any atom is -0.310 e. The second kappa shape index (κ2) is 33.7. The summed E-state index contributed by atoms with van der Waals surface area (Å²) in [6.07, 6.45) is 13.0. The molecule has 4 heteroatoms. The van der Waals surface area contributed by atoms with Crippen molar-refractivity contribution in [2.75, 3.05) is 19.6 Å². The molecule has 2 aliphatic carbocycles. The van der Waals surface area contributed by atoms with Gasteiger partial charge < -0.3 is 19.6 Å². The van der Waals surface area contributed by atoms with E-state index in [1.54, 1.807) is 0 Å². The van der Waals surface area contributed by atoms with Gasteiger partial charge in [0.05, 0.1) is 11.4 Å². The average molecular weight is 1580 g/mol. The first-order valence-electron chi connectivity index (χ1n) is 44.4. The Balaban J connectivity index is 0.000000161. The van der Waals surface area contributed by atoms with Crippen LogP contribution in [-0.2, 0) is 10.8 Å². The zero-order chi connectivity index (χ0) is 83.0. The highest BCUT2D eigenvalue weighted by atomic mass is 15.2. The van der Waals surface area contributed by atoms with Crippen LogP contribution in [0.15, 0.2) is 376 Å². The van der Waals surface area contributed by atoms with Gasteiger partial charge in [-0.1, -0.05) is 322 Å². The molecule has 0 N–H and O–H groups in total. The summed E-state index contributed by atoms with van der Waals surface area (Å²) in [4.78, 5) is 9.90. The number of rotatable bonds is 16. The van der Waals surface area contributed by atoms with Crippen LogP contribution in [0, 0.1) is 13.8 Å². The Kier molecular flexibility index (Phi) is 21.7. The maximum atomic E-state index is 2.61. The number of anilines is 12. The number of benzene rings is 18. The summed E-state index contributed by atoms with van der Waals surface area (Å²) in [5, 5.41) is 14.9. The molecule has 2 fully saturated rings. The van der Waals surface area contributed by atoms with Gasteiger partial charge in [0, 0.05) is 78.4 Å². The molecule has 2 aliphatic rings. The summed E-state index contributed by atoms with van der Waals surface area (Å²) < 4.78 is 0. The van der Waals surface area contributed by atoms with Crippen LogP contribution in [0.25, 0.3) is 86.9 Å². The molecule has 122 heavy (non-hydrogen) atoms. The standard InChI is InChI=1S/C60H68N2.C58H40N2/c1-41-19-29-49(30-20-41)61(51-33-25-47(26-34-51)59(3,4)5)57-53-37-23-46(44-17-13-10-14-18-44)40-56(53)58(54-38-24-45(39-55(54)57)43-15-11-9-12-16-43)62(50-31-21-42(2)22-32-50)52-35-27-48(28-36-52)60(6,7)8;1-5-21-47(22-6-1)59(48-23-7-2-8-24-48)51-33-35-53-55(39-51)57(45-31-29-41-17-13-15-19-43(41)37-45)54-36-34-52(60(49-25-9-3-10-26-49)50-27-11-4-12-28-50)40-56(54)58(53)46-32-30-42-18-14-16-20-44(42)38-46/h19-40,43-44H,9-18H2,1-8H3;1-40H. The summed E-state index contributed by atoms with van der Waals surface area (Å²) in [5.74, 6) is 1.15. The van der Waals surface area contributed by atoms with Gasteiger partial charge >= 0.3 is 0 Å². The molecule has 2 saturated carbocycles. The number of hydrogen-bond donors (Lipinski definition) is 0. The van der Waals surface area contributed by atoms with Gasteiger partial charge in [0.15, 0.2) is 0 Å². The fraction of sp³-hybridized carbons (Fsp3) is 0.186. The fourth-order valence-electron chi connectivity index (χ4n) is 19.5. The highest BCUT2D eigenvalue weighted by Gasteiger charge is 2.31.